The van der Waals surface area contributed by atoms with Crippen molar-refractivity contribution in [3.05, 3.63) is 53.6 Å². The molecule has 2 saturated heterocycles. The average molecular weight is 563 g/mol. The minimum Gasteiger partial charge on any atom is -0.313 e. The normalized spacial score (nSPS) is 40.0. The van der Waals surface area contributed by atoms with E-state index in [0.29, 0.717) is 23.2 Å². The lowest BCUT2D eigenvalue weighted by Crippen LogP contribution is -2.57. The topological polar surface area (TPSA) is 24.1 Å². The van der Waals surface area contributed by atoms with Crippen LogP contribution >= 0.6 is 17.2 Å². The van der Waals surface area contributed by atoms with Crippen molar-refractivity contribution in [1.29, 1.82) is 0 Å². The molecule has 2 aliphatic heterocycles. The molecule has 4 heteroatoms. The van der Waals surface area contributed by atoms with Crippen LogP contribution in [0, 0.1) is 29.6 Å². The molecule has 8 rings (SSSR count). The Bertz CT molecular complexity index is 1050. The zero-order valence-corrected chi connectivity index (χ0v) is 26.7. The first-order valence-corrected chi connectivity index (χ1v) is 18.5. The van der Waals surface area contributed by atoms with Crippen molar-refractivity contribution in [2.45, 2.75) is 107 Å². The highest BCUT2D eigenvalue weighted by atomic mass is 31.1. The van der Waals surface area contributed by atoms with Gasteiger partial charge in [0.15, 0.2) is 0 Å². The third-order valence-corrected chi connectivity index (χ3v) is 17.0. The molecule has 4 saturated carbocycles. The highest BCUT2D eigenvalue weighted by Crippen LogP contribution is 2.68. The van der Waals surface area contributed by atoms with Crippen LogP contribution in [-0.2, 0) is 0 Å². The van der Waals surface area contributed by atoms with E-state index in [9.17, 15) is 0 Å². The highest BCUT2D eigenvalue weighted by Gasteiger charge is 2.54. The van der Waals surface area contributed by atoms with Crippen LogP contribution < -0.4 is 10.6 Å². The third-order valence-electron chi connectivity index (χ3n) is 11.8. The minimum absolute atomic E-state index is 0.0842. The molecule has 0 aromatic heterocycles. The van der Waals surface area contributed by atoms with Crippen molar-refractivity contribution in [1.82, 2.24) is 10.6 Å². The Balaban J connectivity index is 1.27. The molecule has 39 heavy (non-hydrogen) atoms. The summed E-state index contributed by atoms with van der Waals surface area (Å²) in [4.78, 5) is 0. The monoisotopic (exact) mass is 562 g/mol. The van der Waals surface area contributed by atoms with Crippen LogP contribution in [0.15, 0.2) is 48.1 Å². The maximum absolute atomic E-state index is 4.00. The van der Waals surface area contributed by atoms with E-state index < -0.39 is 0 Å². The lowest BCUT2D eigenvalue weighted by Gasteiger charge is -2.59. The van der Waals surface area contributed by atoms with Crippen molar-refractivity contribution in [3.8, 4) is 0 Å². The maximum Gasteiger partial charge on any atom is 0.0370 e. The Labute approximate surface area is 242 Å². The highest BCUT2D eigenvalue weighted by molar-refractivity contribution is 7.60. The SMILES string of the molecule is CC(C)(C)P(CC1C=C(c2ccccc2)C=C1C(P)(C1CCCN1)C1CCCN1)C1C2CC3CC(C2)CC1C3. The molecule has 1 aromatic carbocycles. The standard InChI is InChI=1S/C35H52N2P2/c1-34(2,3)39(33-27-16-23-15-24(18-27)19-28(33)17-23)22-29-20-26(25-9-5-4-6-10-25)21-30(29)35(38,31-11-7-13-36-31)32-12-8-14-37-32/h4-6,9-10,20-21,23-24,27-29,31-33,36-37H,7-8,11-19,22,38H2,1-3H3. The van der Waals surface area contributed by atoms with E-state index in [2.05, 4.69) is 83.1 Å². The van der Waals surface area contributed by atoms with Crippen molar-refractivity contribution in [2.24, 2.45) is 29.6 Å². The van der Waals surface area contributed by atoms with Gasteiger partial charge in [-0.15, -0.1) is 9.24 Å². The molecular weight excluding hydrogens is 510 g/mol. The van der Waals surface area contributed by atoms with Crippen molar-refractivity contribution >= 4 is 22.7 Å². The predicted molar refractivity (Wildman–Crippen MR) is 173 cm³/mol. The molecule has 2 heterocycles. The molecule has 7 aliphatic rings. The summed E-state index contributed by atoms with van der Waals surface area (Å²) in [7, 11) is 3.43. The Morgan fingerprint density at radius 3 is 1.95 bits per heavy atom. The molecule has 0 amide bonds. The minimum atomic E-state index is -0.0842. The molecule has 4 bridgehead atoms. The van der Waals surface area contributed by atoms with E-state index >= 15 is 0 Å². The number of benzene rings is 1. The van der Waals surface area contributed by atoms with Gasteiger partial charge in [-0.2, -0.15) is 0 Å². The molecule has 212 valence electrons. The van der Waals surface area contributed by atoms with Gasteiger partial charge in [0.25, 0.3) is 0 Å². The number of rotatable bonds is 7. The van der Waals surface area contributed by atoms with E-state index in [1.807, 2.05) is 0 Å². The van der Waals surface area contributed by atoms with Crippen LogP contribution in [-0.4, -0.2) is 47.3 Å². The number of hydrogen-bond acceptors (Lipinski definition) is 2. The Morgan fingerprint density at radius 1 is 0.846 bits per heavy atom. The second-order valence-corrected chi connectivity index (χ2v) is 19.4. The van der Waals surface area contributed by atoms with Gasteiger partial charge in [0.1, 0.15) is 0 Å². The number of hydrogen-bond donors (Lipinski definition) is 2. The molecule has 5 aliphatic carbocycles. The number of allylic oxidation sites excluding steroid dienone is 3. The Hall–Kier alpha value is -0.520. The summed E-state index contributed by atoms with van der Waals surface area (Å²) in [6, 6.07) is 12.4. The van der Waals surface area contributed by atoms with Crippen molar-refractivity contribution in [3.63, 3.8) is 0 Å². The fourth-order valence-corrected chi connectivity index (χ4v) is 15.1. The fourth-order valence-electron chi connectivity index (χ4n) is 10.3. The van der Waals surface area contributed by atoms with Crippen molar-refractivity contribution in [2.75, 3.05) is 19.3 Å². The van der Waals surface area contributed by atoms with E-state index in [1.165, 1.54) is 56.1 Å². The molecule has 2 nitrogen and oxygen atoms in total. The third kappa shape index (κ3) is 4.97. The van der Waals surface area contributed by atoms with E-state index in [4.69, 9.17) is 0 Å². The van der Waals surface area contributed by atoms with Crippen LogP contribution in [0.3, 0.4) is 0 Å². The second-order valence-electron chi connectivity index (χ2n) is 15.2. The fraction of sp³-hybridized carbons (Fsp3) is 0.714. The first kappa shape index (κ1) is 27.3. The second kappa shape index (κ2) is 10.6. The van der Waals surface area contributed by atoms with Crippen LogP contribution in [0.25, 0.3) is 5.57 Å². The van der Waals surface area contributed by atoms with Gasteiger partial charge in [-0.1, -0.05) is 71.2 Å². The van der Waals surface area contributed by atoms with E-state index in [-0.39, 0.29) is 13.1 Å². The molecule has 0 radical (unpaired) electrons. The van der Waals surface area contributed by atoms with Gasteiger partial charge in [0.2, 0.25) is 0 Å². The average Bonchev–Trinajstić information content (AvgIpc) is 3.70. The first-order chi connectivity index (χ1) is 18.8. The molecular formula is C35H52N2P2. The largest absolute Gasteiger partial charge is 0.313 e. The van der Waals surface area contributed by atoms with Gasteiger partial charge < -0.3 is 10.6 Å². The summed E-state index contributed by atoms with van der Waals surface area (Å²) in [5.74, 6) is 4.73. The lowest BCUT2D eigenvalue weighted by atomic mass is 9.56. The van der Waals surface area contributed by atoms with E-state index in [0.717, 1.165) is 29.3 Å². The molecule has 5 unspecified atom stereocenters. The molecule has 2 N–H and O–H groups in total. The maximum atomic E-state index is 4.00. The van der Waals surface area contributed by atoms with Gasteiger partial charge >= 0.3 is 0 Å². The van der Waals surface area contributed by atoms with Crippen LogP contribution in [0.2, 0.25) is 0 Å². The molecule has 0 spiro atoms. The first-order valence-electron chi connectivity index (χ1n) is 16.3. The summed E-state index contributed by atoms with van der Waals surface area (Å²) in [6.45, 7) is 10.2. The number of nitrogens with one attached hydrogen (secondary N) is 2. The van der Waals surface area contributed by atoms with Gasteiger partial charge in [0, 0.05) is 23.2 Å². The van der Waals surface area contributed by atoms with Gasteiger partial charge in [-0.25, -0.2) is 0 Å². The zero-order chi connectivity index (χ0) is 26.8. The van der Waals surface area contributed by atoms with Gasteiger partial charge in [-0.05, 0) is 128 Å². The molecule has 1 aromatic rings. The summed E-state index contributed by atoms with van der Waals surface area (Å²) < 4.78 is 0. The van der Waals surface area contributed by atoms with Gasteiger partial charge in [-0.3, -0.25) is 0 Å². The smallest absolute Gasteiger partial charge is 0.0370 e. The summed E-state index contributed by atoms with van der Waals surface area (Å²) in [6.07, 6.45) is 19.8. The Kier molecular flexibility index (Phi) is 7.45. The Morgan fingerprint density at radius 2 is 1.44 bits per heavy atom. The summed E-state index contributed by atoms with van der Waals surface area (Å²) in [5.41, 5.74) is 5.60. The summed E-state index contributed by atoms with van der Waals surface area (Å²) >= 11 is 0. The molecule has 6 fully saturated rings. The summed E-state index contributed by atoms with van der Waals surface area (Å²) in [5, 5.41) is 8.49. The van der Waals surface area contributed by atoms with Crippen molar-refractivity contribution < 1.29 is 0 Å². The lowest BCUT2D eigenvalue weighted by molar-refractivity contribution is 0.0242. The predicted octanol–water partition coefficient (Wildman–Crippen LogP) is 7.85. The van der Waals surface area contributed by atoms with Crippen LogP contribution in [0.1, 0.15) is 84.1 Å². The quantitative estimate of drug-likeness (QED) is 0.331. The molecule has 5 atom stereocenters. The van der Waals surface area contributed by atoms with Gasteiger partial charge in [0.05, 0.1) is 0 Å². The van der Waals surface area contributed by atoms with E-state index in [1.54, 1.807) is 37.7 Å². The zero-order valence-electron chi connectivity index (χ0n) is 24.7. The van der Waals surface area contributed by atoms with Crippen LogP contribution in [0.5, 0.6) is 0 Å². The van der Waals surface area contributed by atoms with Crippen LogP contribution in [0.4, 0.5) is 0 Å².